The Bertz CT molecular complexity index is 985. The van der Waals surface area contributed by atoms with Crippen LogP contribution < -0.4 is 4.74 Å². The Labute approximate surface area is 162 Å². The van der Waals surface area contributed by atoms with E-state index in [1.807, 2.05) is 36.5 Å². The molecule has 0 radical (unpaired) electrons. The molecule has 2 aromatic carbocycles. The molecule has 1 heterocycles. The van der Waals surface area contributed by atoms with Crippen molar-refractivity contribution >= 4 is 11.6 Å². The number of hydrogen-bond donors (Lipinski definition) is 0. The minimum atomic E-state index is -0.566. The van der Waals surface area contributed by atoms with Crippen molar-refractivity contribution in [1.82, 2.24) is 14.7 Å². The molecule has 0 aliphatic carbocycles. The van der Waals surface area contributed by atoms with E-state index in [9.17, 15) is 14.9 Å². The number of benzene rings is 2. The van der Waals surface area contributed by atoms with E-state index in [0.717, 1.165) is 11.1 Å². The summed E-state index contributed by atoms with van der Waals surface area (Å²) in [6.07, 6.45) is 3.59. The summed E-state index contributed by atoms with van der Waals surface area (Å²) in [5.41, 5.74) is 1.99. The molecule has 0 fully saturated rings. The first-order valence-corrected chi connectivity index (χ1v) is 8.61. The lowest BCUT2D eigenvalue weighted by atomic mass is 10.1. The summed E-state index contributed by atoms with van der Waals surface area (Å²) in [4.78, 5) is 24.7. The van der Waals surface area contributed by atoms with Gasteiger partial charge in [0.1, 0.15) is 0 Å². The highest BCUT2D eigenvalue weighted by Crippen LogP contribution is 2.28. The number of nitrogens with zero attached hydrogens (tertiary/aromatic N) is 4. The highest BCUT2D eigenvalue weighted by Gasteiger charge is 2.20. The van der Waals surface area contributed by atoms with E-state index in [1.165, 1.54) is 30.2 Å². The molecule has 0 aliphatic rings. The zero-order chi connectivity index (χ0) is 20.1. The van der Waals surface area contributed by atoms with Gasteiger partial charge in [0.2, 0.25) is 0 Å². The van der Waals surface area contributed by atoms with E-state index >= 15 is 0 Å². The van der Waals surface area contributed by atoms with Gasteiger partial charge in [0.15, 0.2) is 5.75 Å². The number of hydrogen-bond acceptors (Lipinski definition) is 5. The molecule has 3 aromatic rings. The number of nitro groups is 1. The van der Waals surface area contributed by atoms with Crippen molar-refractivity contribution in [1.29, 1.82) is 0 Å². The van der Waals surface area contributed by atoms with E-state index in [4.69, 9.17) is 4.74 Å². The Morgan fingerprint density at radius 2 is 1.96 bits per heavy atom. The smallest absolute Gasteiger partial charge is 0.311 e. The molecule has 0 atom stereocenters. The first kappa shape index (κ1) is 19.1. The van der Waals surface area contributed by atoms with E-state index in [1.54, 1.807) is 17.9 Å². The van der Waals surface area contributed by atoms with Gasteiger partial charge in [0, 0.05) is 37.0 Å². The third-order valence-corrected chi connectivity index (χ3v) is 4.26. The van der Waals surface area contributed by atoms with Gasteiger partial charge in [0.05, 0.1) is 24.8 Å². The summed E-state index contributed by atoms with van der Waals surface area (Å²) >= 11 is 0. The molecule has 28 heavy (non-hydrogen) atoms. The molecule has 8 nitrogen and oxygen atoms in total. The molecule has 144 valence electrons. The van der Waals surface area contributed by atoms with Crippen molar-refractivity contribution in [2.75, 3.05) is 14.2 Å². The average Bonchev–Trinajstić information content (AvgIpc) is 3.14. The Balaban J connectivity index is 1.69. The minimum Gasteiger partial charge on any atom is -0.490 e. The molecule has 0 aliphatic heterocycles. The van der Waals surface area contributed by atoms with Crippen LogP contribution in [0.25, 0.3) is 0 Å². The largest absolute Gasteiger partial charge is 0.490 e. The van der Waals surface area contributed by atoms with Crippen LogP contribution in [0.5, 0.6) is 5.75 Å². The minimum absolute atomic E-state index is 0.117. The summed E-state index contributed by atoms with van der Waals surface area (Å²) in [5.74, 6) is -0.201. The number of methoxy groups -OCH3 is 1. The topological polar surface area (TPSA) is 90.5 Å². The summed E-state index contributed by atoms with van der Waals surface area (Å²) in [7, 11) is 3.00. The third-order valence-electron chi connectivity index (χ3n) is 4.26. The van der Waals surface area contributed by atoms with Crippen LogP contribution in [-0.2, 0) is 13.1 Å². The van der Waals surface area contributed by atoms with E-state index in [-0.39, 0.29) is 22.9 Å². The van der Waals surface area contributed by atoms with Crippen molar-refractivity contribution < 1.29 is 14.5 Å². The van der Waals surface area contributed by atoms with E-state index < -0.39 is 4.92 Å². The van der Waals surface area contributed by atoms with Crippen LogP contribution in [0.1, 0.15) is 21.5 Å². The lowest BCUT2D eigenvalue weighted by Gasteiger charge is -2.16. The summed E-state index contributed by atoms with van der Waals surface area (Å²) in [6.45, 7) is 0.983. The molecule has 0 bridgehead atoms. The number of nitro benzene ring substituents is 1. The lowest BCUT2D eigenvalue weighted by molar-refractivity contribution is -0.385. The van der Waals surface area contributed by atoms with Crippen LogP contribution >= 0.6 is 0 Å². The van der Waals surface area contributed by atoms with Gasteiger partial charge >= 0.3 is 5.69 Å². The Morgan fingerprint density at radius 3 is 2.64 bits per heavy atom. The summed E-state index contributed by atoms with van der Waals surface area (Å²) in [6, 6.07) is 14.1. The van der Waals surface area contributed by atoms with Gasteiger partial charge in [-0.3, -0.25) is 19.6 Å². The first-order valence-electron chi connectivity index (χ1n) is 8.61. The number of amides is 1. The fraction of sp³-hybridized carbons (Fsp3) is 0.200. The van der Waals surface area contributed by atoms with Gasteiger partial charge < -0.3 is 9.64 Å². The zero-order valence-electron chi connectivity index (χ0n) is 15.6. The molecule has 1 aromatic heterocycles. The van der Waals surface area contributed by atoms with Gasteiger partial charge in [-0.25, -0.2) is 0 Å². The van der Waals surface area contributed by atoms with Crippen LogP contribution in [0.4, 0.5) is 5.69 Å². The van der Waals surface area contributed by atoms with Crippen molar-refractivity contribution in [2.45, 2.75) is 13.1 Å². The van der Waals surface area contributed by atoms with Crippen molar-refractivity contribution in [3.63, 3.8) is 0 Å². The number of ether oxygens (including phenoxy) is 1. The van der Waals surface area contributed by atoms with Gasteiger partial charge in [-0.15, -0.1) is 0 Å². The molecule has 0 unspecified atom stereocenters. The second-order valence-electron chi connectivity index (χ2n) is 6.34. The van der Waals surface area contributed by atoms with Crippen molar-refractivity contribution in [2.24, 2.45) is 0 Å². The molecule has 0 N–H and O–H groups in total. The number of aromatic nitrogens is 2. The molecular formula is C20H20N4O4. The van der Waals surface area contributed by atoms with Crippen LogP contribution in [0.15, 0.2) is 60.9 Å². The quantitative estimate of drug-likeness (QED) is 0.464. The SMILES string of the molecule is COc1ccc(C(=O)N(C)Cc2cnn(Cc3ccccc3)c2)cc1[N+](=O)[O-]. The van der Waals surface area contributed by atoms with Gasteiger partial charge in [-0.2, -0.15) is 5.10 Å². The molecule has 1 amide bonds. The average molecular weight is 380 g/mol. The van der Waals surface area contributed by atoms with Crippen LogP contribution in [-0.4, -0.2) is 39.7 Å². The predicted octanol–water partition coefficient (Wildman–Crippen LogP) is 3.12. The van der Waals surface area contributed by atoms with Crippen LogP contribution in [0.2, 0.25) is 0 Å². The maximum atomic E-state index is 12.7. The number of carbonyl (C=O) groups excluding carboxylic acids is 1. The fourth-order valence-corrected chi connectivity index (χ4v) is 2.88. The maximum absolute atomic E-state index is 12.7. The Kier molecular flexibility index (Phi) is 5.69. The van der Waals surface area contributed by atoms with Crippen LogP contribution in [0, 0.1) is 10.1 Å². The molecule has 0 saturated carbocycles. The Morgan fingerprint density at radius 1 is 1.21 bits per heavy atom. The molecule has 8 heteroatoms. The summed E-state index contributed by atoms with van der Waals surface area (Å²) < 4.78 is 6.78. The van der Waals surface area contributed by atoms with Crippen molar-refractivity contribution in [3.05, 3.63) is 87.7 Å². The highest BCUT2D eigenvalue weighted by molar-refractivity contribution is 5.95. The number of carbonyl (C=O) groups is 1. The fourth-order valence-electron chi connectivity index (χ4n) is 2.88. The third kappa shape index (κ3) is 4.35. The summed E-state index contributed by atoms with van der Waals surface area (Å²) in [5, 5.41) is 15.5. The lowest BCUT2D eigenvalue weighted by Crippen LogP contribution is -2.26. The van der Waals surface area contributed by atoms with E-state index in [0.29, 0.717) is 13.1 Å². The van der Waals surface area contributed by atoms with Crippen LogP contribution in [0.3, 0.4) is 0 Å². The van der Waals surface area contributed by atoms with E-state index in [2.05, 4.69) is 5.10 Å². The first-order chi connectivity index (χ1) is 13.5. The molecular weight excluding hydrogens is 360 g/mol. The monoisotopic (exact) mass is 380 g/mol. The molecule has 0 spiro atoms. The molecule has 3 rings (SSSR count). The van der Waals surface area contributed by atoms with Gasteiger partial charge in [-0.05, 0) is 17.7 Å². The Hall–Kier alpha value is -3.68. The molecule has 0 saturated heterocycles. The maximum Gasteiger partial charge on any atom is 0.311 e. The van der Waals surface area contributed by atoms with Gasteiger partial charge in [-0.1, -0.05) is 30.3 Å². The normalized spacial score (nSPS) is 10.5. The second kappa shape index (κ2) is 8.34. The standard InChI is InChI=1S/C20H20N4O4/c1-22(20(25)17-8-9-19(28-2)18(10-17)24(26)27)12-16-11-21-23(14-16)13-15-6-4-3-5-7-15/h3-11,14H,12-13H2,1-2H3. The number of rotatable bonds is 7. The van der Waals surface area contributed by atoms with Crippen molar-refractivity contribution in [3.8, 4) is 5.75 Å². The highest BCUT2D eigenvalue weighted by atomic mass is 16.6. The second-order valence-corrected chi connectivity index (χ2v) is 6.34. The predicted molar refractivity (Wildman–Crippen MR) is 103 cm³/mol. The zero-order valence-corrected chi connectivity index (χ0v) is 15.6. The van der Waals surface area contributed by atoms with Gasteiger partial charge in [0.25, 0.3) is 5.91 Å².